The zero-order valence-corrected chi connectivity index (χ0v) is 29.2. The van der Waals surface area contributed by atoms with Gasteiger partial charge in [-0.05, 0) is 48.6 Å². The molecule has 2 N–H and O–H groups in total. The van der Waals surface area contributed by atoms with E-state index in [4.69, 9.17) is 37.9 Å². The van der Waals surface area contributed by atoms with Gasteiger partial charge < -0.3 is 48.3 Å². The van der Waals surface area contributed by atoms with Gasteiger partial charge in [-0.25, -0.2) is 4.58 Å². The first-order valence-electron chi connectivity index (χ1n) is 17.3. The predicted molar refractivity (Wildman–Crippen MR) is 196 cm³/mol. The van der Waals surface area contributed by atoms with Gasteiger partial charge in [-0.15, -0.1) is 0 Å². The fourth-order valence-corrected chi connectivity index (χ4v) is 4.88. The monoisotopic (exact) mass is 699 g/mol. The number of aliphatic imine (C=N–C) groups is 2. The van der Waals surface area contributed by atoms with Crippen LogP contribution in [0.3, 0.4) is 0 Å². The van der Waals surface area contributed by atoms with Crippen LogP contribution in [0.1, 0.15) is 0 Å². The van der Waals surface area contributed by atoms with Crippen LogP contribution >= 0.6 is 0 Å². The van der Waals surface area contributed by atoms with Crippen LogP contribution in [0.15, 0.2) is 83.0 Å². The van der Waals surface area contributed by atoms with Gasteiger partial charge >= 0.3 is 0 Å². The number of nitrogens with zero attached hydrogens (tertiary/aromatic N) is 4. The first-order valence-corrected chi connectivity index (χ1v) is 17.3. The van der Waals surface area contributed by atoms with E-state index in [-0.39, 0.29) is 5.48 Å². The number of benzene rings is 1. The molecule has 3 aliphatic rings. The maximum atomic E-state index is 5.75. The Bertz CT molecular complexity index is 1210. The van der Waals surface area contributed by atoms with Gasteiger partial charge in [0.05, 0.1) is 104 Å². The zero-order chi connectivity index (χ0) is 33.9. The third-order valence-corrected chi connectivity index (χ3v) is 7.53. The molecule has 0 spiro atoms. The van der Waals surface area contributed by atoms with Gasteiger partial charge in [-0.3, -0.25) is 9.98 Å². The number of anilines is 1. The number of rotatable bonds is 5. The predicted octanol–water partition coefficient (Wildman–Crippen LogP) is 2.62. The number of hydrogen-bond donors (Lipinski definition) is 0. The van der Waals surface area contributed by atoms with E-state index >= 15 is 0 Å². The average Bonchev–Trinajstić information content (AvgIpc) is 3.15. The quantitative estimate of drug-likeness (QED) is 0.197. The summed E-state index contributed by atoms with van der Waals surface area (Å²) in [5.41, 5.74) is 3.96. The summed E-state index contributed by atoms with van der Waals surface area (Å²) in [6.45, 7) is 12.4. The van der Waals surface area contributed by atoms with Crippen molar-refractivity contribution in [1.29, 1.82) is 0 Å². The molecule has 0 unspecified atom stereocenters. The summed E-state index contributed by atoms with van der Waals surface area (Å²) in [4.78, 5) is 11.4. The smallest absolute Gasteiger partial charge is 0.200 e. The Hall–Kier alpha value is -3.37. The van der Waals surface area contributed by atoms with Crippen LogP contribution in [-0.4, -0.2) is 160 Å². The molecule has 0 radical (unpaired) electrons. The molecule has 2 saturated heterocycles. The van der Waals surface area contributed by atoms with Crippen LogP contribution in [0, 0.1) is 0 Å². The zero-order valence-electron chi connectivity index (χ0n) is 29.2. The Morgan fingerprint density at radius 3 is 1.48 bits per heavy atom. The van der Waals surface area contributed by atoms with Crippen molar-refractivity contribution < 1.29 is 47.9 Å². The molecule has 2 heterocycles. The Balaban J connectivity index is 0.00000676. The Labute approximate surface area is 296 Å². The first-order chi connectivity index (χ1) is 24.4. The Morgan fingerprint density at radius 2 is 0.980 bits per heavy atom. The highest BCUT2D eigenvalue weighted by Gasteiger charge is 2.13. The number of allylic oxidation sites excluding steroid dienone is 7. The minimum absolute atomic E-state index is 0. The van der Waals surface area contributed by atoms with E-state index in [1.54, 1.807) is 12.4 Å². The van der Waals surface area contributed by atoms with Crippen LogP contribution in [0.25, 0.3) is 0 Å². The van der Waals surface area contributed by atoms with Crippen LogP contribution in [-0.2, 0) is 37.9 Å². The minimum atomic E-state index is 0. The summed E-state index contributed by atoms with van der Waals surface area (Å²) in [6, 6.07) is 8.19. The van der Waals surface area contributed by atoms with E-state index in [2.05, 4.69) is 43.7 Å². The van der Waals surface area contributed by atoms with Crippen LogP contribution in [0.2, 0.25) is 0 Å². The van der Waals surface area contributed by atoms with Crippen molar-refractivity contribution in [2.45, 2.75) is 0 Å². The van der Waals surface area contributed by atoms with Gasteiger partial charge in [0, 0.05) is 43.3 Å². The van der Waals surface area contributed by atoms with Gasteiger partial charge in [-0.1, -0.05) is 6.08 Å². The van der Waals surface area contributed by atoms with E-state index in [1.807, 2.05) is 42.5 Å². The third kappa shape index (κ3) is 18.0. The van der Waals surface area contributed by atoms with Crippen molar-refractivity contribution in [2.24, 2.45) is 9.98 Å². The van der Waals surface area contributed by atoms with Crippen molar-refractivity contribution in [2.75, 3.05) is 137 Å². The van der Waals surface area contributed by atoms with Gasteiger partial charge in [0.25, 0.3) is 0 Å². The summed E-state index contributed by atoms with van der Waals surface area (Å²) < 4.78 is 47.3. The van der Waals surface area contributed by atoms with E-state index in [9.17, 15) is 0 Å². The summed E-state index contributed by atoms with van der Waals surface area (Å²) in [5, 5.41) is 0. The van der Waals surface area contributed by atoms with Crippen molar-refractivity contribution in [3.05, 3.63) is 73.0 Å². The van der Waals surface area contributed by atoms with Crippen molar-refractivity contribution in [1.82, 2.24) is 0 Å². The number of hydrogen-bond acceptors (Lipinski definition) is 11. The molecule has 0 atom stereocenters. The maximum absolute atomic E-state index is 5.75. The fraction of sp³-hybridized carbons (Fsp3) is 0.541. The van der Waals surface area contributed by atoms with Crippen molar-refractivity contribution in [3.63, 3.8) is 0 Å². The fourth-order valence-electron chi connectivity index (χ4n) is 4.88. The molecule has 0 saturated carbocycles. The average molecular weight is 700 g/mol. The van der Waals surface area contributed by atoms with Crippen molar-refractivity contribution >= 4 is 29.0 Å². The third-order valence-electron chi connectivity index (χ3n) is 7.53. The molecule has 1 aromatic carbocycles. The van der Waals surface area contributed by atoms with Crippen molar-refractivity contribution in [3.8, 4) is 0 Å². The highest BCUT2D eigenvalue weighted by molar-refractivity contribution is 6.17. The molecule has 50 heavy (non-hydrogen) atoms. The van der Waals surface area contributed by atoms with Crippen LogP contribution in [0.5, 0.6) is 0 Å². The summed E-state index contributed by atoms with van der Waals surface area (Å²) >= 11 is 0. The molecule has 13 nitrogen and oxygen atoms in total. The second-order valence-electron chi connectivity index (χ2n) is 11.0. The van der Waals surface area contributed by atoms with E-state index in [1.165, 1.54) is 0 Å². The van der Waals surface area contributed by atoms with Crippen LogP contribution in [0.4, 0.5) is 11.4 Å². The normalized spacial score (nSPS) is 21.0. The van der Waals surface area contributed by atoms with Gasteiger partial charge in [0.15, 0.2) is 18.8 Å². The summed E-state index contributed by atoms with van der Waals surface area (Å²) in [6.07, 6.45) is 17.4. The van der Waals surface area contributed by atoms with E-state index in [0.29, 0.717) is 106 Å². The molecule has 0 amide bonds. The molecular formula is C37H55N4O9+. The topological polar surface area (TPSA) is 136 Å². The number of ether oxygens (including phenoxy) is 8. The molecule has 2 fully saturated rings. The Kier molecular flexibility index (Phi) is 22.5. The summed E-state index contributed by atoms with van der Waals surface area (Å²) in [5.74, 6) is 0. The minimum Gasteiger partial charge on any atom is -0.412 e. The van der Waals surface area contributed by atoms with Crippen LogP contribution < -0.4 is 4.90 Å². The molecular weight excluding hydrogens is 644 g/mol. The lowest BCUT2D eigenvalue weighted by molar-refractivity contribution is -0.532. The maximum Gasteiger partial charge on any atom is 0.200 e. The van der Waals surface area contributed by atoms with E-state index in [0.717, 1.165) is 49.0 Å². The molecule has 4 rings (SSSR count). The SMILES string of the molecule is C1=CC(=[N+]2CCOCCOCCOCCOCC2)C=CC1=N/C=C/C=C/C=Nc1ccc(N2CCOCCOCCOCCOCC2)cc1.O. The summed E-state index contributed by atoms with van der Waals surface area (Å²) in [7, 11) is 0. The molecule has 2 aliphatic heterocycles. The molecule has 13 heteroatoms. The van der Waals surface area contributed by atoms with Gasteiger partial charge in [0.1, 0.15) is 13.2 Å². The lowest BCUT2D eigenvalue weighted by Crippen LogP contribution is -2.31. The van der Waals surface area contributed by atoms with Gasteiger partial charge in [0.2, 0.25) is 0 Å². The second-order valence-corrected chi connectivity index (χ2v) is 11.0. The first kappa shape index (κ1) is 41.1. The Morgan fingerprint density at radius 1 is 0.520 bits per heavy atom. The molecule has 0 bridgehead atoms. The second kappa shape index (κ2) is 27.4. The standard InChI is InChI=1S/C37H53N4O8.H2O/c1(2-12-38-34-4-8-36(9-5-34)40-14-18-42-22-26-46-30-31-47-27-23-43-19-15-40)3-13-39-35-6-10-37(11-7-35)41-16-20-44-24-28-48-32-33-49-29-25-45-21-17-41;/h1-13H,14-33H2;1H2/q+1;. The highest BCUT2D eigenvalue weighted by Crippen LogP contribution is 2.19. The molecule has 1 aliphatic carbocycles. The van der Waals surface area contributed by atoms with Gasteiger partial charge in [-0.2, -0.15) is 0 Å². The molecule has 0 aromatic heterocycles. The largest absolute Gasteiger partial charge is 0.412 e. The lowest BCUT2D eigenvalue weighted by atomic mass is 10.1. The molecule has 1 aromatic rings. The molecule has 276 valence electrons. The van der Waals surface area contributed by atoms with E-state index < -0.39 is 0 Å². The highest BCUT2D eigenvalue weighted by atomic mass is 16.6. The lowest BCUT2D eigenvalue weighted by Gasteiger charge is -2.25.